The average molecular weight is 111 g/mol. The number of carbonyl (C=O) groups is 1. The van der Waals surface area contributed by atoms with Crippen LogP contribution in [0.3, 0.4) is 0 Å². The highest BCUT2D eigenvalue weighted by Crippen LogP contribution is 1.76. The Bertz CT molecular complexity index is 131. The number of carbonyl (C=O) groups excluding carboxylic acids is 1. The van der Waals surface area contributed by atoms with Crippen molar-refractivity contribution < 1.29 is 4.79 Å². The van der Waals surface area contributed by atoms with Crippen molar-refractivity contribution in [3.63, 3.8) is 0 Å². The monoisotopic (exact) mass is 111 g/mol. The predicted molar refractivity (Wildman–Crippen MR) is 32.4 cm³/mol. The van der Waals surface area contributed by atoms with E-state index in [-0.39, 0.29) is 5.91 Å². The smallest absolute Gasteiger partial charge is 0.253 e. The fourth-order valence-corrected chi connectivity index (χ4v) is 0.216. The molecule has 0 aromatic heterocycles. The van der Waals surface area contributed by atoms with E-state index < -0.39 is 0 Å². The standard InChI is InChI=1S/C6H9NO/c1-4-5-6(8)7(2)3/h5H,1H2,2-3H3. The Morgan fingerprint density at radius 3 is 2.38 bits per heavy atom. The van der Waals surface area contributed by atoms with Crippen molar-refractivity contribution in [2.24, 2.45) is 0 Å². The molecule has 44 valence electrons. The first kappa shape index (κ1) is 6.99. The SMILES string of the molecule is C=C=CC(=O)N(C)C. The average Bonchev–Trinajstić information content (AvgIpc) is 1.67. The molecule has 0 radical (unpaired) electrons. The molecule has 0 heterocycles. The molecule has 2 nitrogen and oxygen atoms in total. The second kappa shape index (κ2) is 3.05. The largest absolute Gasteiger partial charge is 0.345 e. The molecule has 2 heteroatoms. The van der Waals surface area contributed by atoms with Gasteiger partial charge in [-0.2, -0.15) is 0 Å². The lowest BCUT2D eigenvalue weighted by Gasteiger charge is -2.03. The summed E-state index contributed by atoms with van der Waals surface area (Å²) < 4.78 is 0. The van der Waals surface area contributed by atoms with E-state index in [4.69, 9.17) is 0 Å². The summed E-state index contributed by atoms with van der Waals surface area (Å²) in [5.41, 5.74) is 2.38. The zero-order valence-electron chi connectivity index (χ0n) is 5.14. The molecular formula is C6H9NO. The molecule has 1 amide bonds. The Morgan fingerprint density at radius 2 is 2.25 bits per heavy atom. The normalized spacial score (nSPS) is 7.25. The molecular weight excluding hydrogens is 102 g/mol. The molecule has 0 saturated heterocycles. The van der Waals surface area contributed by atoms with Gasteiger partial charge in [0.2, 0.25) is 0 Å². The Balaban J connectivity index is 3.84. The molecule has 0 aliphatic rings. The highest BCUT2D eigenvalue weighted by Gasteiger charge is 1.93. The fourth-order valence-electron chi connectivity index (χ4n) is 0.216. The molecule has 0 fully saturated rings. The molecule has 0 aromatic rings. The van der Waals surface area contributed by atoms with Crippen LogP contribution in [0.5, 0.6) is 0 Å². The molecule has 0 saturated carbocycles. The van der Waals surface area contributed by atoms with Crippen LogP contribution in [0.1, 0.15) is 0 Å². The number of rotatable bonds is 1. The van der Waals surface area contributed by atoms with Gasteiger partial charge in [-0.1, -0.05) is 6.58 Å². The highest BCUT2D eigenvalue weighted by atomic mass is 16.2. The molecule has 0 aliphatic heterocycles. The van der Waals surface area contributed by atoms with Gasteiger partial charge in [-0.25, -0.2) is 0 Å². The van der Waals surface area contributed by atoms with Gasteiger partial charge in [0.1, 0.15) is 0 Å². The summed E-state index contributed by atoms with van der Waals surface area (Å²) in [5, 5.41) is 0. The zero-order valence-corrected chi connectivity index (χ0v) is 5.14. The predicted octanol–water partition coefficient (Wildman–Crippen LogP) is 0.416. The summed E-state index contributed by atoms with van der Waals surface area (Å²) in [5.74, 6) is -0.0833. The summed E-state index contributed by atoms with van der Waals surface area (Å²) in [6, 6.07) is 0. The topological polar surface area (TPSA) is 20.3 Å². The number of hydrogen-bond acceptors (Lipinski definition) is 1. The minimum Gasteiger partial charge on any atom is -0.345 e. The van der Waals surface area contributed by atoms with E-state index in [9.17, 15) is 4.79 Å². The summed E-state index contributed by atoms with van der Waals surface area (Å²) in [7, 11) is 3.35. The summed E-state index contributed by atoms with van der Waals surface area (Å²) in [6.45, 7) is 3.26. The lowest BCUT2D eigenvalue weighted by atomic mass is 10.5. The van der Waals surface area contributed by atoms with E-state index in [1.54, 1.807) is 14.1 Å². The third kappa shape index (κ3) is 2.21. The van der Waals surface area contributed by atoms with E-state index in [2.05, 4.69) is 12.3 Å². The lowest BCUT2D eigenvalue weighted by molar-refractivity contribution is -0.123. The van der Waals surface area contributed by atoms with Crippen LogP contribution >= 0.6 is 0 Å². The second-order valence-corrected chi connectivity index (χ2v) is 1.58. The summed E-state index contributed by atoms with van der Waals surface area (Å²) in [4.78, 5) is 12.0. The van der Waals surface area contributed by atoms with Gasteiger partial charge in [0.05, 0.1) is 0 Å². The van der Waals surface area contributed by atoms with Crippen molar-refractivity contribution in [3.8, 4) is 0 Å². The lowest BCUT2D eigenvalue weighted by Crippen LogP contribution is -2.18. The van der Waals surface area contributed by atoms with Crippen molar-refractivity contribution in [2.45, 2.75) is 0 Å². The van der Waals surface area contributed by atoms with E-state index in [0.717, 1.165) is 0 Å². The van der Waals surface area contributed by atoms with E-state index in [1.807, 2.05) is 0 Å². The Kier molecular flexibility index (Phi) is 2.67. The van der Waals surface area contributed by atoms with Gasteiger partial charge in [-0.3, -0.25) is 4.79 Å². The van der Waals surface area contributed by atoms with Crippen LogP contribution in [0, 0.1) is 0 Å². The quantitative estimate of drug-likeness (QED) is 0.354. The van der Waals surface area contributed by atoms with Gasteiger partial charge in [0.25, 0.3) is 5.91 Å². The summed E-state index contributed by atoms with van der Waals surface area (Å²) >= 11 is 0. The Morgan fingerprint density at radius 1 is 1.75 bits per heavy atom. The second-order valence-electron chi connectivity index (χ2n) is 1.58. The van der Waals surface area contributed by atoms with Gasteiger partial charge >= 0.3 is 0 Å². The first-order valence-electron chi connectivity index (χ1n) is 2.25. The molecule has 0 unspecified atom stereocenters. The van der Waals surface area contributed by atoms with Crippen LogP contribution in [-0.2, 0) is 4.79 Å². The van der Waals surface area contributed by atoms with Crippen molar-refractivity contribution in [2.75, 3.05) is 14.1 Å². The van der Waals surface area contributed by atoms with Crippen molar-refractivity contribution >= 4 is 5.91 Å². The minimum atomic E-state index is -0.0833. The molecule has 0 atom stereocenters. The van der Waals surface area contributed by atoms with Crippen LogP contribution < -0.4 is 0 Å². The maximum atomic E-state index is 10.5. The molecule has 0 N–H and O–H groups in total. The van der Waals surface area contributed by atoms with Crippen LogP contribution in [0.25, 0.3) is 0 Å². The van der Waals surface area contributed by atoms with Gasteiger partial charge in [-0.15, -0.1) is 5.73 Å². The van der Waals surface area contributed by atoms with Gasteiger partial charge in [0, 0.05) is 20.2 Å². The van der Waals surface area contributed by atoms with Crippen molar-refractivity contribution in [1.82, 2.24) is 4.90 Å². The summed E-state index contributed by atoms with van der Waals surface area (Å²) in [6.07, 6.45) is 1.29. The molecule has 0 spiro atoms. The van der Waals surface area contributed by atoms with E-state index in [0.29, 0.717) is 0 Å². The molecule has 0 aliphatic carbocycles. The maximum Gasteiger partial charge on any atom is 0.253 e. The molecule has 0 bridgehead atoms. The first-order valence-corrected chi connectivity index (χ1v) is 2.25. The van der Waals surface area contributed by atoms with E-state index in [1.165, 1.54) is 11.0 Å². The van der Waals surface area contributed by atoms with Crippen molar-refractivity contribution in [3.05, 3.63) is 18.4 Å². The Hall–Kier alpha value is -1.01. The third-order valence-electron chi connectivity index (χ3n) is 0.666. The zero-order chi connectivity index (χ0) is 6.57. The number of nitrogens with zero attached hydrogens (tertiary/aromatic N) is 1. The van der Waals surface area contributed by atoms with Gasteiger partial charge in [-0.05, 0) is 0 Å². The number of hydrogen-bond donors (Lipinski definition) is 0. The molecule has 0 rings (SSSR count). The fraction of sp³-hybridized carbons (Fsp3) is 0.333. The van der Waals surface area contributed by atoms with Gasteiger partial charge in [0.15, 0.2) is 0 Å². The van der Waals surface area contributed by atoms with Crippen molar-refractivity contribution in [1.29, 1.82) is 0 Å². The van der Waals surface area contributed by atoms with Crippen LogP contribution in [0.4, 0.5) is 0 Å². The van der Waals surface area contributed by atoms with Crippen LogP contribution in [0.15, 0.2) is 18.4 Å². The van der Waals surface area contributed by atoms with E-state index >= 15 is 0 Å². The highest BCUT2D eigenvalue weighted by molar-refractivity contribution is 5.86. The van der Waals surface area contributed by atoms with Crippen LogP contribution in [-0.4, -0.2) is 24.9 Å². The van der Waals surface area contributed by atoms with Crippen LogP contribution in [0.2, 0.25) is 0 Å². The first-order chi connectivity index (χ1) is 3.68. The third-order valence-corrected chi connectivity index (χ3v) is 0.666. The Labute approximate surface area is 49.1 Å². The number of likely N-dealkylation sites (N-methyl/N-ethyl adjacent to an activating group) is 1. The number of amides is 1. The molecule has 8 heavy (non-hydrogen) atoms. The minimum absolute atomic E-state index is 0.0833. The maximum absolute atomic E-state index is 10.5. The van der Waals surface area contributed by atoms with Gasteiger partial charge < -0.3 is 4.90 Å². The molecule has 0 aromatic carbocycles.